The van der Waals surface area contributed by atoms with E-state index in [1.807, 2.05) is 0 Å². The summed E-state index contributed by atoms with van der Waals surface area (Å²) in [6.45, 7) is 0. The van der Waals surface area contributed by atoms with Crippen LogP contribution in [0.25, 0.3) is 0 Å². The monoisotopic (exact) mass is 375 g/mol. The summed E-state index contributed by atoms with van der Waals surface area (Å²) < 4.78 is 54.4. The molecule has 0 spiro atoms. The zero-order valence-electron chi connectivity index (χ0n) is 15.1. The van der Waals surface area contributed by atoms with Crippen LogP contribution in [0.3, 0.4) is 0 Å². The van der Waals surface area contributed by atoms with Gasteiger partial charge in [0.25, 0.3) is 0 Å². The van der Waals surface area contributed by atoms with Gasteiger partial charge in [0.15, 0.2) is 11.5 Å². The van der Waals surface area contributed by atoms with Gasteiger partial charge in [-0.1, -0.05) is 6.42 Å². The maximum atomic E-state index is 12.9. The molecule has 1 aliphatic rings. The minimum Gasteiger partial charge on any atom is -0.493 e. The number of carbonyl (C=O) groups excluding carboxylic acids is 1. The Morgan fingerprint density at radius 2 is 1.73 bits per heavy atom. The molecular weight excluding hydrogens is 351 g/mol. The van der Waals surface area contributed by atoms with Crippen LogP contribution < -0.4 is 19.5 Å². The number of amides is 1. The lowest BCUT2D eigenvalue weighted by atomic mass is 9.85. The van der Waals surface area contributed by atoms with Gasteiger partial charge in [-0.2, -0.15) is 13.2 Å². The quantitative estimate of drug-likeness (QED) is 0.827. The zero-order chi connectivity index (χ0) is 19.3. The van der Waals surface area contributed by atoms with E-state index in [-0.39, 0.29) is 25.2 Å². The lowest BCUT2D eigenvalue weighted by molar-refractivity contribution is -0.184. The predicted octanol–water partition coefficient (Wildman–Crippen LogP) is 3.49. The van der Waals surface area contributed by atoms with Crippen molar-refractivity contribution in [2.24, 2.45) is 5.92 Å². The molecule has 2 rings (SSSR count). The smallest absolute Gasteiger partial charge is 0.391 e. The second-order valence-electron chi connectivity index (χ2n) is 6.38. The van der Waals surface area contributed by atoms with E-state index >= 15 is 0 Å². The minimum atomic E-state index is -4.21. The number of benzene rings is 1. The Labute approximate surface area is 150 Å². The largest absolute Gasteiger partial charge is 0.493 e. The van der Waals surface area contributed by atoms with Gasteiger partial charge < -0.3 is 19.5 Å². The molecule has 0 aromatic heterocycles. The summed E-state index contributed by atoms with van der Waals surface area (Å²) in [6, 6.07) is 2.85. The van der Waals surface area contributed by atoms with Crippen LogP contribution in [0.15, 0.2) is 12.1 Å². The van der Waals surface area contributed by atoms with E-state index in [1.54, 1.807) is 12.1 Å². The summed E-state index contributed by atoms with van der Waals surface area (Å²) >= 11 is 0. The number of hydrogen-bond donors (Lipinski definition) is 1. The van der Waals surface area contributed by atoms with E-state index in [0.29, 0.717) is 35.7 Å². The van der Waals surface area contributed by atoms with Crippen LogP contribution in [0.4, 0.5) is 13.2 Å². The van der Waals surface area contributed by atoms with Gasteiger partial charge in [-0.05, 0) is 37.0 Å². The Hall–Kier alpha value is -2.12. The van der Waals surface area contributed by atoms with Crippen LogP contribution in [-0.2, 0) is 11.2 Å². The normalized spacial score (nSPS) is 20.4. The van der Waals surface area contributed by atoms with E-state index in [2.05, 4.69) is 5.32 Å². The Balaban J connectivity index is 2.03. The fourth-order valence-corrected chi connectivity index (χ4v) is 3.32. The van der Waals surface area contributed by atoms with Crippen LogP contribution >= 0.6 is 0 Å². The molecule has 0 bridgehead atoms. The van der Waals surface area contributed by atoms with Gasteiger partial charge in [0.05, 0.1) is 33.7 Å². The summed E-state index contributed by atoms with van der Waals surface area (Å²) in [5.74, 6) is -0.414. The van der Waals surface area contributed by atoms with Crippen molar-refractivity contribution < 1.29 is 32.2 Å². The molecule has 146 valence electrons. The van der Waals surface area contributed by atoms with Gasteiger partial charge in [-0.25, -0.2) is 0 Å². The summed E-state index contributed by atoms with van der Waals surface area (Å²) in [7, 11) is 4.42. The van der Waals surface area contributed by atoms with E-state index in [9.17, 15) is 18.0 Å². The highest BCUT2D eigenvalue weighted by Gasteiger charge is 2.42. The molecule has 1 fully saturated rings. The molecular formula is C18H24F3NO4. The molecule has 1 saturated carbocycles. The highest BCUT2D eigenvalue weighted by Crippen LogP contribution is 2.39. The summed E-state index contributed by atoms with van der Waals surface area (Å²) in [5, 5.41) is 2.72. The molecule has 5 nitrogen and oxygen atoms in total. The maximum absolute atomic E-state index is 12.9. The second-order valence-corrected chi connectivity index (χ2v) is 6.38. The molecule has 1 aromatic carbocycles. The SMILES string of the molecule is COc1cc(CC(=O)NC2CCCC(C(F)(F)F)C2)cc(OC)c1OC. The molecule has 26 heavy (non-hydrogen) atoms. The Bertz CT molecular complexity index is 608. The van der Waals surface area contributed by atoms with E-state index < -0.39 is 18.1 Å². The van der Waals surface area contributed by atoms with Crippen molar-refractivity contribution in [1.29, 1.82) is 0 Å². The van der Waals surface area contributed by atoms with Crippen LogP contribution in [0, 0.1) is 5.92 Å². The first-order chi connectivity index (χ1) is 12.3. The molecule has 0 saturated heterocycles. The number of rotatable bonds is 6. The lowest BCUT2D eigenvalue weighted by Gasteiger charge is -2.31. The van der Waals surface area contributed by atoms with Crippen molar-refractivity contribution in [1.82, 2.24) is 5.32 Å². The zero-order valence-corrected chi connectivity index (χ0v) is 15.1. The molecule has 8 heteroatoms. The van der Waals surface area contributed by atoms with Crippen molar-refractivity contribution in [3.63, 3.8) is 0 Å². The summed E-state index contributed by atoms with van der Waals surface area (Å²) in [4.78, 5) is 12.3. The number of hydrogen-bond acceptors (Lipinski definition) is 4. The highest BCUT2D eigenvalue weighted by atomic mass is 19.4. The molecule has 1 N–H and O–H groups in total. The average Bonchev–Trinajstić information content (AvgIpc) is 2.60. The molecule has 2 unspecified atom stereocenters. The number of carbonyl (C=O) groups is 1. The first kappa shape index (κ1) is 20.2. The van der Waals surface area contributed by atoms with E-state index in [0.717, 1.165) is 0 Å². The van der Waals surface area contributed by atoms with E-state index in [1.165, 1.54) is 21.3 Å². The standard InChI is InChI=1S/C18H24F3NO4/c1-24-14-7-11(8-15(25-2)17(14)26-3)9-16(23)22-13-6-4-5-12(10-13)18(19,20)21/h7-8,12-13H,4-6,9-10H2,1-3H3,(H,22,23). The third kappa shape index (κ3) is 4.95. The third-order valence-corrected chi connectivity index (χ3v) is 4.59. The molecule has 1 amide bonds. The number of nitrogens with one attached hydrogen (secondary N) is 1. The van der Waals surface area contributed by atoms with Gasteiger partial charge in [0.1, 0.15) is 0 Å². The maximum Gasteiger partial charge on any atom is 0.391 e. The van der Waals surface area contributed by atoms with Crippen molar-refractivity contribution in [3.8, 4) is 17.2 Å². The van der Waals surface area contributed by atoms with Crippen molar-refractivity contribution in [2.75, 3.05) is 21.3 Å². The Kier molecular flexibility index (Phi) is 6.61. The van der Waals surface area contributed by atoms with Gasteiger partial charge >= 0.3 is 6.18 Å². The van der Waals surface area contributed by atoms with Crippen LogP contribution in [-0.4, -0.2) is 39.5 Å². The first-order valence-corrected chi connectivity index (χ1v) is 8.43. The number of ether oxygens (including phenoxy) is 3. The van der Waals surface area contributed by atoms with Gasteiger partial charge in [-0.3, -0.25) is 4.79 Å². The van der Waals surface area contributed by atoms with Gasteiger partial charge in [-0.15, -0.1) is 0 Å². The highest BCUT2D eigenvalue weighted by molar-refractivity contribution is 5.79. The number of alkyl halides is 3. The fourth-order valence-electron chi connectivity index (χ4n) is 3.32. The molecule has 0 aliphatic heterocycles. The summed E-state index contributed by atoms with van der Waals surface area (Å²) in [6.07, 6.45) is -3.11. The second kappa shape index (κ2) is 8.51. The third-order valence-electron chi connectivity index (χ3n) is 4.59. The number of halogens is 3. The molecule has 0 heterocycles. The average molecular weight is 375 g/mol. The molecule has 1 aromatic rings. The minimum absolute atomic E-state index is 0.0178. The van der Waals surface area contributed by atoms with Crippen LogP contribution in [0.2, 0.25) is 0 Å². The Morgan fingerprint density at radius 1 is 1.12 bits per heavy atom. The summed E-state index contributed by atoms with van der Waals surface area (Å²) in [5.41, 5.74) is 0.625. The topological polar surface area (TPSA) is 56.8 Å². The van der Waals surface area contributed by atoms with Crippen LogP contribution in [0.5, 0.6) is 17.2 Å². The Morgan fingerprint density at radius 3 is 2.23 bits per heavy atom. The van der Waals surface area contributed by atoms with Crippen molar-refractivity contribution >= 4 is 5.91 Å². The molecule has 2 atom stereocenters. The van der Waals surface area contributed by atoms with Gasteiger partial charge in [0, 0.05) is 6.04 Å². The van der Waals surface area contributed by atoms with Crippen LogP contribution in [0.1, 0.15) is 31.2 Å². The van der Waals surface area contributed by atoms with Crippen molar-refractivity contribution in [3.05, 3.63) is 17.7 Å². The first-order valence-electron chi connectivity index (χ1n) is 8.43. The lowest BCUT2D eigenvalue weighted by Crippen LogP contribution is -2.42. The number of methoxy groups -OCH3 is 3. The fraction of sp³-hybridized carbons (Fsp3) is 0.611. The van der Waals surface area contributed by atoms with Crippen molar-refractivity contribution in [2.45, 2.75) is 44.3 Å². The molecule has 0 radical (unpaired) electrons. The van der Waals surface area contributed by atoms with Gasteiger partial charge in [0.2, 0.25) is 11.7 Å². The van der Waals surface area contributed by atoms with E-state index in [4.69, 9.17) is 14.2 Å². The predicted molar refractivity (Wildman–Crippen MR) is 89.7 cm³/mol. The molecule has 1 aliphatic carbocycles.